The lowest BCUT2D eigenvalue weighted by atomic mass is 10.2. The third-order valence-corrected chi connectivity index (χ3v) is 2.75. The summed E-state index contributed by atoms with van der Waals surface area (Å²) in [6, 6.07) is 4.14. The first-order valence-corrected chi connectivity index (χ1v) is 4.91. The summed E-state index contributed by atoms with van der Waals surface area (Å²) in [7, 11) is 3.95. The van der Waals surface area contributed by atoms with Crippen molar-refractivity contribution in [1.29, 1.82) is 0 Å². The van der Waals surface area contributed by atoms with Crippen molar-refractivity contribution in [2.75, 3.05) is 14.1 Å². The van der Waals surface area contributed by atoms with Crippen LogP contribution in [0.1, 0.15) is 10.9 Å². The minimum absolute atomic E-state index is 0.0833. The summed E-state index contributed by atoms with van der Waals surface area (Å²) in [4.78, 5) is 3.75. The first-order valence-electron chi connectivity index (χ1n) is 3.62. The zero-order valence-electron chi connectivity index (χ0n) is 7.15. The molecule has 0 fully saturated rings. The Kier molecular flexibility index (Phi) is 3.20. The van der Waals surface area contributed by atoms with Crippen LogP contribution in [0.3, 0.4) is 0 Å². The lowest BCUT2D eigenvalue weighted by Gasteiger charge is -2.21. The van der Waals surface area contributed by atoms with Crippen molar-refractivity contribution < 1.29 is 0 Å². The van der Waals surface area contributed by atoms with Gasteiger partial charge in [0, 0.05) is 4.88 Å². The Morgan fingerprint density at radius 1 is 1.67 bits per heavy atom. The van der Waals surface area contributed by atoms with Crippen molar-refractivity contribution in [2.45, 2.75) is 6.04 Å². The van der Waals surface area contributed by atoms with Crippen LogP contribution in [-0.4, -0.2) is 24.0 Å². The van der Waals surface area contributed by atoms with Gasteiger partial charge in [-0.2, -0.15) is 0 Å². The summed E-state index contributed by atoms with van der Waals surface area (Å²) in [5.41, 5.74) is 5.63. The highest BCUT2D eigenvalue weighted by Gasteiger charge is 2.17. The molecule has 0 saturated heterocycles. The average molecular weight is 200 g/mol. The van der Waals surface area contributed by atoms with Gasteiger partial charge >= 0.3 is 0 Å². The van der Waals surface area contributed by atoms with Gasteiger partial charge in [0.05, 0.1) is 11.0 Å². The van der Waals surface area contributed by atoms with Gasteiger partial charge in [-0.3, -0.25) is 4.90 Å². The SMILES string of the molecule is CN(C)C(C(N)=S)c1cccs1. The van der Waals surface area contributed by atoms with E-state index in [-0.39, 0.29) is 6.04 Å². The van der Waals surface area contributed by atoms with Gasteiger partial charge in [0.15, 0.2) is 0 Å². The van der Waals surface area contributed by atoms with Crippen molar-refractivity contribution in [2.24, 2.45) is 5.73 Å². The molecule has 1 atom stereocenters. The molecule has 12 heavy (non-hydrogen) atoms. The molecule has 0 aliphatic rings. The molecule has 66 valence electrons. The van der Waals surface area contributed by atoms with E-state index < -0.39 is 0 Å². The Labute approximate surface area is 82.0 Å². The second kappa shape index (κ2) is 3.98. The summed E-state index contributed by atoms with van der Waals surface area (Å²) < 4.78 is 0. The highest BCUT2D eigenvalue weighted by molar-refractivity contribution is 7.80. The van der Waals surface area contributed by atoms with E-state index in [1.807, 2.05) is 30.4 Å². The van der Waals surface area contributed by atoms with Crippen LogP contribution in [0, 0.1) is 0 Å². The fourth-order valence-corrected chi connectivity index (χ4v) is 2.45. The van der Waals surface area contributed by atoms with Crippen LogP contribution in [0.25, 0.3) is 0 Å². The smallest absolute Gasteiger partial charge is 0.0956 e. The Morgan fingerprint density at radius 2 is 2.33 bits per heavy atom. The fraction of sp³-hybridized carbons (Fsp3) is 0.375. The van der Waals surface area contributed by atoms with Crippen molar-refractivity contribution in [3.8, 4) is 0 Å². The lowest BCUT2D eigenvalue weighted by Crippen LogP contribution is -2.30. The number of thiocarbonyl (C=S) groups is 1. The molecule has 2 nitrogen and oxygen atoms in total. The second-order valence-electron chi connectivity index (χ2n) is 2.78. The summed E-state index contributed by atoms with van der Waals surface area (Å²) in [5.74, 6) is 0. The van der Waals surface area contributed by atoms with Crippen LogP contribution in [0.4, 0.5) is 0 Å². The van der Waals surface area contributed by atoms with Gasteiger partial charge in [0.25, 0.3) is 0 Å². The maximum absolute atomic E-state index is 5.63. The molecule has 2 N–H and O–H groups in total. The predicted octanol–water partition coefficient (Wildman–Crippen LogP) is 1.64. The van der Waals surface area contributed by atoms with Gasteiger partial charge in [-0.1, -0.05) is 18.3 Å². The predicted molar refractivity (Wildman–Crippen MR) is 57.5 cm³/mol. The molecule has 4 heteroatoms. The second-order valence-corrected chi connectivity index (χ2v) is 4.23. The summed E-state index contributed by atoms with van der Waals surface area (Å²) in [6.07, 6.45) is 0. The molecule has 1 aromatic rings. The number of nitrogens with zero attached hydrogens (tertiary/aromatic N) is 1. The minimum Gasteiger partial charge on any atom is -0.392 e. The van der Waals surface area contributed by atoms with E-state index in [0.717, 1.165) is 0 Å². The van der Waals surface area contributed by atoms with E-state index in [9.17, 15) is 0 Å². The number of hydrogen-bond donors (Lipinski definition) is 1. The van der Waals surface area contributed by atoms with Gasteiger partial charge < -0.3 is 5.73 Å². The molecule has 0 aromatic carbocycles. The zero-order chi connectivity index (χ0) is 9.14. The molecular formula is C8H12N2S2. The quantitative estimate of drug-likeness (QED) is 0.752. The van der Waals surface area contributed by atoms with Crippen molar-refractivity contribution in [3.05, 3.63) is 22.4 Å². The van der Waals surface area contributed by atoms with E-state index >= 15 is 0 Å². The molecule has 0 aliphatic carbocycles. The van der Waals surface area contributed by atoms with E-state index in [0.29, 0.717) is 4.99 Å². The third-order valence-electron chi connectivity index (χ3n) is 1.60. The summed E-state index contributed by atoms with van der Waals surface area (Å²) in [5, 5.41) is 2.03. The van der Waals surface area contributed by atoms with Crippen LogP contribution >= 0.6 is 23.6 Å². The highest BCUT2D eigenvalue weighted by Crippen LogP contribution is 2.22. The van der Waals surface area contributed by atoms with Crippen LogP contribution < -0.4 is 5.73 Å². The number of thiophene rings is 1. The van der Waals surface area contributed by atoms with Gasteiger partial charge in [0.2, 0.25) is 0 Å². The van der Waals surface area contributed by atoms with Gasteiger partial charge in [-0.05, 0) is 25.5 Å². The Balaban J connectivity index is 2.88. The highest BCUT2D eigenvalue weighted by atomic mass is 32.1. The number of nitrogens with two attached hydrogens (primary N) is 1. The van der Waals surface area contributed by atoms with Gasteiger partial charge in [-0.25, -0.2) is 0 Å². The van der Waals surface area contributed by atoms with Gasteiger partial charge in [-0.15, -0.1) is 11.3 Å². The minimum atomic E-state index is 0.0833. The monoisotopic (exact) mass is 200 g/mol. The molecule has 1 unspecified atom stereocenters. The van der Waals surface area contributed by atoms with E-state index in [1.165, 1.54) is 4.88 Å². The molecule has 1 heterocycles. The van der Waals surface area contributed by atoms with Crippen LogP contribution in [-0.2, 0) is 0 Å². The summed E-state index contributed by atoms with van der Waals surface area (Å²) in [6.45, 7) is 0. The normalized spacial score (nSPS) is 13.2. The van der Waals surface area contributed by atoms with Crippen molar-refractivity contribution >= 4 is 28.5 Å². The molecular weight excluding hydrogens is 188 g/mol. The first-order chi connectivity index (χ1) is 5.63. The molecule has 0 bridgehead atoms. The number of rotatable bonds is 3. The van der Waals surface area contributed by atoms with Crippen LogP contribution in [0.2, 0.25) is 0 Å². The Morgan fingerprint density at radius 3 is 2.67 bits per heavy atom. The van der Waals surface area contributed by atoms with Crippen molar-refractivity contribution in [3.63, 3.8) is 0 Å². The van der Waals surface area contributed by atoms with E-state index in [1.54, 1.807) is 11.3 Å². The lowest BCUT2D eigenvalue weighted by molar-refractivity contribution is 0.375. The topological polar surface area (TPSA) is 29.3 Å². The van der Waals surface area contributed by atoms with Crippen molar-refractivity contribution in [1.82, 2.24) is 4.90 Å². The Hall–Kier alpha value is -0.450. The average Bonchev–Trinajstić information content (AvgIpc) is 2.37. The van der Waals surface area contributed by atoms with Crippen LogP contribution in [0.15, 0.2) is 17.5 Å². The van der Waals surface area contributed by atoms with E-state index in [2.05, 4.69) is 6.07 Å². The zero-order valence-corrected chi connectivity index (χ0v) is 8.78. The molecule has 0 amide bonds. The molecule has 0 saturated carbocycles. The van der Waals surface area contributed by atoms with Crippen LogP contribution in [0.5, 0.6) is 0 Å². The molecule has 0 aliphatic heterocycles. The molecule has 1 aromatic heterocycles. The largest absolute Gasteiger partial charge is 0.392 e. The van der Waals surface area contributed by atoms with Gasteiger partial charge in [0.1, 0.15) is 0 Å². The third kappa shape index (κ3) is 2.03. The first kappa shape index (κ1) is 9.64. The molecule has 0 radical (unpaired) electrons. The number of likely N-dealkylation sites (N-methyl/N-ethyl adjacent to an activating group) is 1. The number of hydrogen-bond acceptors (Lipinski definition) is 3. The maximum Gasteiger partial charge on any atom is 0.0956 e. The molecule has 1 rings (SSSR count). The fourth-order valence-electron chi connectivity index (χ4n) is 1.10. The van der Waals surface area contributed by atoms with E-state index in [4.69, 9.17) is 18.0 Å². The molecule has 0 spiro atoms. The standard InChI is InChI=1S/C8H12N2S2/c1-10(2)7(8(9)11)6-4-3-5-12-6/h3-5,7H,1-2H3,(H2,9,11). The Bertz CT molecular complexity index is 254. The maximum atomic E-state index is 5.63. The summed E-state index contributed by atoms with van der Waals surface area (Å²) >= 11 is 6.66.